The Kier molecular flexibility index (Phi) is 5.51. The SMILES string of the molecule is CCCCN1C(=O)C(=C2Sc3ccccc3N2C)SC1=Nc1cccc(C)c1. The van der Waals surface area contributed by atoms with Gasteiger partial charge in [0, 0.05) is 18.5 Å². The summed E-state index contributed by atoms with van der Waals surface area (Å²) in [5, 5.41) is 1.77. The van der Waals surface area contributed by atoms with Crippen molar-refractivity contribution in [1.82, 2.24) is 4.90 Å². The molecule has 1 amide bonds. The average Bonchev–Trinajstić information content (AvgIpc) is 3.17. The van der Waals surface area contributed by atoms with Crippen LogP contribution >= 0.6 is 23.5 Å². The summed E-state index contributed by atoms with van der Waals surface area (Å²) in [6, 6.07) is 16.4. The summed E-state index contributed by atoms with van der Waals surface area (Å²) in [5.74, 6) is 0.0620. The molecule has 4 nitrogen and oxygen atoms in total. The van der Waals surface area contributed by atoms with Gasteiger partial charge in [-0.05, 0) is 54.9 Å². The van der Waals surface area contributed by atoms with Gasteiger partial charge in [0.25, 0.3) is 5.91 Å². The van der Waals surface area contributed by atoms with Crippen LogP contribution in [0.2, 0.25) is 0 Å². The van der Waals surface area contributed by atoms with Gasteiger partial charge in [0.2, 0.25) is 0 Å². The summed E-state index contributed by atoms with van der Waals surface area (Å²) in [4.78, 5) is 24.0. The first-order valence-electron chi connectivity index (χ1n) is 9.48. The van der Waals surface area contributed by atoms with Crippen molar-refractivity contribution in [3.05, 3.63) is 64.0 Å². The molecule has 2 aliphatic rings. The lowest BCUT2D eigenvalue weighted by molar-refractivity contribution is -0.122. The molecular weight excluding hydrogens is 386 g/mol. The van der Waals surface area contributed by atoms with Gasteiger partial charge in [-0.1, -0.05) is 49.4 Å². The lowest BCUT2D eigenvalue weighted by Crippen LogP contribution is -2.30. The number of carbonyl (C=O) groups excluding carboxylic acids is 1. The summed E-state index contributed by atoms with van der Waals surface area (Å²) < 4.78 is 0. The second-order valence-electron chi connectivity index (χ2n) is 6.91. The fraction of sp³-hybridized carbons (Fsp3) is 0.273. The maximum atomic E-state index is 13.3. The van der Waals surface area contributed by atoms with Crippen molar-refractivity contribution >= 4 is 46.0 Å². The molecule has 2 aromatic rings. The van der Waals surface area contributed by atoms with E-state index in [4.69, 9.17) is 4.99 Å². The Morgan fingerprint density at radius 1 is 1.07 bits per heavy atom. The minimum absolute atomic E-state index is 0.0620. The topological polar surface area (TPSA) is 35.9 Å². The number of hydrogen-bond acceptors (Lipinski definition) is 5. The maximum Gasteiger partial charge on any atom is 0.269 e. The molecule has 1 fully saturated rings. The van der Waals surface area contributed by atoms with Crippen LogP contribution in [0.3, 0.4) is 0 Å². The monoisotopic (exact) mass is 409 g/mol. The molecule has 0 radical (unpaired) electrons. The number of rotatable bonds is 4. The smallest absolute Gasteiger partial charge is 0.269 e. The van der Waals surface area contributed by atoms with E-state index in [0.717, 1.165) is 44.9 Å². The Bertz CT molecular complexity index is 983. The predicted molar refractivity (Wildman–Crippen MR) is 120 cm³/mol. The summed E-state index contributed by atoms with van der Waals surface area (Å²) >= 11 is 3.16. The number of amidine groups is 1. The second-order valence-corrected chi connectivity index (χ2v) is 8.92. The molecule has 1 saturated heterocycles. The van der Waals surface area contributed by atoms with Gasteiger partial charge in [-0.25, -0.2) is 4.99 Å². The van der Waals surface area contributed by atoms with Crippen molar-refractivity contribution in [2.24, 2.45) is 4.99 Å². The Morgan fingerprint density at radius 2 is 1.89 bits per heavy atom. The second kappa shape index (κ2) is 8.05. The number of aliphatic imine (C=N–C) groups is 1. The van der Waals surface area contributed by atoms with Crippen molar-refractivity contribution in [3.8, 4) is 0 Å². The molecule has 0 N–H and O–H groups in total. The van der Waals surface area contributed by atoms with Gasteiger partial charge in [0.05, 0.1) is 16.4 Å². The molecule has 4 rings (SSSR count). The minimum Gasteiger partial charge on any atom is -0.337 e. The van der Waals surface area contributed by atoms with Crippen molar-refractivity contribution in [2.45, 2.75) is 31.6 Å². The van der Waals surface area contributed by atoms with Crippen LogP contribution in [0, 0.1) is 6.92 Å². The third-order valence-corrected chi connectivity index (χ3v) is 7.19. The van der Waals surface area contributed by atoms with E-state index in [1.165, 1.54) is 16.7 Å². The molecule has 0 unspecified atom stereocenters. The molecule has 0 bridgehead atoms. The highest BCUT2D eigenvalue weighted by Gasteiger charge is 2.38. The van der Waals surface area contributed by atoms with Crippen LogP contribution in [0.4, 0.5) is 11.4 Å². The number of benzene rings is 2. The molecule has 0 saturated carbocycles. The van der Waals surface area contributed by atoms with Crippen LogP contribution in [0.1, 0.15) is 25.3 Å². The van der Waals surface area contributed by atoms with Crippen molar-refractivity contribution in [1.29, 1.82) is 0 Å². The van der Waals surface area contributed by atoms with Crippen LogP contribution in [0.15, 0.2) is 68.4 Å². The molecule has 0 atom stereocenters. The first kappa shape index (κ1) is 19.2. The van der Waals surface area contributed by atoms with E-state index in [-0.39, 0.29) is 5.91 Å². The molecule has 2 aliphatic heterocycles. The molecule has 0 spiro atoms. The van der Waals surface area contributed by atoms with E-state index >= 15 is 0 Å². The van der Waals surface area contributed by atoms with Crippen LogP contribution in [0.5, 0.6) is 0 Å². The van der Waals surface area contributed by atoms with Crippen LogP contribution in [0.25, 0.3) is 0 Å². The first-order chi connectivity index (χ1) is 13.6. The number of hydrogen-bond donors (Lipinski definition) is 0. The fourth-order valence-corrected chi connectivity index (χ4v) is 5.61. The third-order valence-electron chi connectivity index (χ3n) is 4.76. The number of para-hydroxylation sites is 1. The lowest BCUT2D eigenvalue weighted by Gasteiger charge is -2.16. The minimum atomic E-state index is 0.0620. The van der Waals surface area contributed by atoms with Gasteiger partial charge < -0.3 is 4.90 Å². The Balaban J connectivity index is 1.72. The van der Waals surface area contributed by atoms with Crippen LogP contribution < -0.4 is 4.90 Å². The van der Waals surface area contributed by atoms with Crippen molar-refractivity contribution < 1.29 is 4.79 Å². The third kappa shape index (κ3) is 3.59. The molecule has 2 heterocycles. The molecule has 6 heteroatoms. The van der Waals surface area contributed by atoms with Gasteiger partial charge in [-0.3, -0.25) is 9.69 Å². The zero-order valence-electron chi connectivity index (χ0n) is 16.3. The number of anilines is 1. The van der Waals surface area contributed by atoms with E-state index in [1.54, 1.807) is 11.8 Å². The van der Waals surface area contributed by atoms with Gasteiger partial charge in [0.15, 0.2) is 5.17 Å². The zero-order chi connectivity index (χ0) is 19.7. The highest BCUT2D eigenvalue weighted by molar-refractivity contribution is 8.19. The zero-order valence-corrected chi connectivity index (χ0v) is 17.9. The predicted octanol–water partition coefficient (Wildman–Crippen LogP) is 5.77. The number of fused-ring (bicyclic) bond motifs is 1. The Labute approximate surface area is 174 Å². The molecular formula is C22H23N3OS2. The Morgan fingerprint density at radius 3 is 2.64 bits per heavy atom. The van der Waals surface area contributed by atoms with E-state index < -0.39 is 0 Å². The number of aryl methyl sites for hydroxylation is 1. The van der Waals surface area contributed by atoms with Gasteiger partial charge in [-0.2, -0.15) is 0 Å². The first-order valence-corrected chi connectivity index (χ1v) is 11.1. The maximum absolute atomic E-state index is 13.3. The summed E-state index contributed by atoms with van der Waals surface area (Å²) in [6.45, 7) is 4.90. The van der Waals surface area contributed by atoms with Crippen LogP contribution in [-0.2, 0) is 4.79 Å². The number of carbonyl (C=O) groups is 1. The van der Waals surface area contributed by atoms with E-state index in [0.29, 0.717) is 6.54 Å². The van der Waals surface area contributed by atoms with Crippen molar-refractivity contribution in [2.75, 3.05) is 18.5 Å². The summed E-state index contributed by atoms with van der Waals surface area (Å²) in [6.07, 6.45) is 2.00. The quantitative estimate of drug-likeness (QED) is 0.601. The normalized spacial score (nSPS) is 20.4. The van der Waals surface area contributed by atoms with Gasteiger partial charge in [0.1, 0.15) is 4.91 Å². The molecule has 144 valence electrons. The number of nitrogens with zero attached hydrogens (tertiary/aromatic N) is 3. The van der Waals surface area contributed by atoms with E-state index in [9.17, 15) is 4.79 Å². The number of unbranched alkanes of at least 4 members (excludes halogenated alkanes) is 1. The Hall–Kier alpha value is -2.18. The molecule has 0 aliphatic carbocycles. The number of amides is 1. The molecule has 2 aromatic carbocycles. The average molecular weight is 410 g/mol. The van der Waals surface area contributed by atoms with Crippen LogP contribution in [-0.4, -0.2) is 29.6 Å². The number of thioether (sulfide) groups is 2. The summed E-state index contributed by atoms with van der Waals surface area (Å²) in [5.41, 5.74) is 3.20. The van der Waals surface area contributed by atoms with E-state index in [1.807, 2.05) is 42.3 Å². The van der Waals surface area contributed by atoms with Gasteiger partial charge >= 0.3 is 0 Å². The molecule has 28 heavy (non-hydrogen) atoms. The summed E-state index contributed by atoms with van der Waals surface area (Å²) in [7, 11) is 2.03. The van der Waals surface area contributed by atoms with E-state index in [2.05, 4.69) is 36.9 Å². The fourth-order valence-electron chi connectivity index (χ4n) is 3.24. The van der Waals surface area contributed by atoms with Gasteiger partial charge in [-0.15, -0.1) is 0 Å². The largest absolute Gasteiger partial charge is 0.337 e. The highest BCUT2D eigenvalue weighted by atomic mass is 32.2. The molecule has 0 aromatic heterocycles. The highest BCUT2D eigenvalue weighted by Crippen LogP contribution is 2.49. The van der Waals surface area contributed by atoms with Crippen molar-refractivity contribution in [3.63, 3.8) is 0 Å². The lowest BCUT2D eigenvalue weighted by atomic mass is 10.2. The standard InChI is InChI=1S/C22H23N3OS2/c1-4-5-13-25-20(26)19(21-24(3)17-11-6-7-12-18(17)27-21)28-22(25)23-16-10-8-9-15(2)14-16/h6-12,14H,4-5,13H2,1-3H3.